The molecule has 4 nitrogen and oxygen atoms in total. The second kappa shape index (κ2) is 6.58. The van der Waals surface area contributed by atoms with Gasteiger partial charge in [-0.15, -0.1) is 0 Å². The molecule has 0 bridgehead atoms. The first kappa shape index (κ1) is 14.5. The molecule has 1 heterocycles. The van der Waals surface area contributed by atoms with Crippen LogP contribution in [0.1, 0.15) is 0 Å². The van der Waals surface area contributed by atoms with Crippen LogP contribution in [0.2, 0.25) is 0 Å². The van der Waals surface area contributed by atoms with Crippen molar-refractivity contribution in [2.24, 2.45) is 0 Å². The van der Waals surface area contributed by atoms with Gasteiger partial charge in [0.15, 0.2) is 0 Å². The van der Waals surface area contributed by atoms with E-state index in [4.69, 9.17) is 0 Å². The quantitative estimate of drug-likeness (QED) is 0.733. The molecule has 0 spiro atoms. The highest BCUT2D eigenvalue weighted by Crippen LogP contribution is 2.24. The number of para-hydroxylation sites is 1. The molecule has 3 rings (SSSR count). The van der Waals surface area contributed by atoms with Crippen LogP contribution in [-0.4, -0.2) is 17.0 Å². The maximum absolute atomic E-state index is 4.34. The average molecular weight is 355 g/mol. The first-order valence-corrected chi connectivity index (χ1v) is 7.65. The zero-order chi connectivity index (χ0) is 15.4. The maximum atomic E-state index is 4.34. The van der Waals surface area contributed by atoms with Crippen LogP contribution in [0.3, 0.4) is 0 Å². The summed E-state index contributed by atoms with van der Waals surface area (Å²) in [5.74, 6) is 1.59. The van der Waals surface area contributed by atoms with Crippen molar-refractivity contribution in [2.45, 2.75) is 0 Å². The number of aromatic nitrogens is 2. The molecule has 1 aromatic heterocycles. The Hall–Kier alpha value is -2.40. The number of hydrogen-bond acceptors (Lipinski definition) is 4. The Morgan fingerprint density at radius 2 is 1.68 bits per heavy atom. The fraction of sp³-hybridized carbons (Fsp3) is 0.0588. The van der Waals surface area contributed by atoms with Crippen molar-refractivity contribution in [1.29, 1.82) is 0 Å². The van der Waals surface area contributed by atoms with Crippen LogP contribution in [-0.2, 0) is 0 Å². The lowest BCUT2D eigenvalue weighted by Crippen LogP contribution is -2.11. The minimum absolute atomic E-state index is 0.759. The molecule has 0 aliphatic heterocycles. The Morgan fingerprint density at radius 1 is 0.955 bits per heavy atom. The Balaban J connectivity index is 1.82. The molecule has 22 heavy (non-hydrogen) atoms. The van der Waals surface area contributed by atoms with E-state index in [-0.39, 0.29) is 0 Å². The fourth-order valence-electron chi connectivity index (χ4n) is 2.06. The van der Waals surface area contributed by atoms with Gasteiger partial charge in [-0.3, -0.25) is 0 Å². The number of benzene rings is 2. The number of halogens is 1. The molecule has 0 atom stereocenters. The fourth-order valence-corrected chi connectivity index (χ4v) is 2.33. The number of anilines is 4. The van der Waals surface area contributed by atoms with Crippen molar-refractivity contribution in [2.75, 3.05) is 17.3 Å². The summed E-state index contributed by atoms with van der Waals surface area (Å²) in [7, 11) is 1.99. The van der Waals surface area contributed by atoms with Gasteiger partial charge in [-0.05, 0) is 36.4 Å². The summed E-state index contributed by atoms with van der Waals surface area (Å²) in [4.78, 5) is 10.6. The Labute approximate surface area is 138 Å². The molecule has 0 fully saturated rings. The van der Waals surface area contributed by atoms with E-state index in [0.29, 0.717) is 0 Å². The zero-order valence-corrected chi connectivity index (χ0v) is 13.7. The normalized spacial score (nSPS) is 10.3. The second-order valence-corrected chi connectivity index (χ2v) is 5.70. The minimum Gasteiger partial charge on any atom is -0.340 e. The van der Waals surface area contributed by atoms with Gasteiger partial charge in [0.05, 0.1) is 0 Å². The lowest BCUT2D eigenvalue weighted by molar-refractivity contribution is 1.08. The van der Waals surface area contributed by atoms with Crippen molar-refractivity contribution in [1.82, 2.24) is 9.97 Å². The van der Waals surface area contributed by atoms with Crippen molar-refractivity contribution in [3.8, 4) is 0 Å². The summed E-state index contributed by atoms with van der Waals surface area (Å²) in [5.41, 5.74) is 2.06. The van der Waals surface area contributed by atoms with Gasteiger partial charge in [0.25, 0.3) is 0 Å². The minimum atomic E-state index is 0.759. The van der Waals surface area contributed by atoms with Crippen LogP contribution < -0.4 is 10.2 Å². The highest BCUT2D eigenvalue weighted by atomic mass is 79.9. The standard InChI is InChI=1S/C17H15BrN4/c1-22(15-5-3-2-4-6-15)17-11-16(19-12-20-17)21-14-9-7-13(18)8-10-14/h2-12H,1H3,(H,19,20,21). The SMILES string of the molecule is CN(c1ccccc1)c1cc(Nc2ccc(Br)cc2)ncn1. The topological polar surface area (TPSA) is 41.0 Å². The van der Waals surface area contributed by atoms with Crippen LogP contribution >= 0.6 is 15.9 Å². The average Bonchev–Trinajstić information content (AvgIpc) is 2.57. The van der Waals surface area contributed by atoms with Gasteiger partial charge >= 0.3 is 0 Å². The number of nitrogens with one attached hydrogen (secondary N) is 1. The Morgan fingerprint density at radius 3 is 2.41 bits per heavy atom. The summed E-state index contributed by atoms with van der Waals surface area (Å²) < 4.78 is 1.05. The molecule has 0 saturated carbocycles. The smallest absolute Gasteiger partial charge is 0.138 e. The van der Waals surface area contributed by atoms with Gasteiger partial charge in [-0.25, -0.2) is 9.97 Å². The zero-order valence-electron chi connectivity index (χ0n) is 12.1. The monoisotopic (exact) mass is 354 g/mol. The molecule has 0 aliphatic carbocycles. The Bertz CT molecular complexity index is 744. The summed E-state index contributed by atoms with van der Waals surface area (Å²) in [6, 6.07) is 20.0. The van der Waals surface area contributed by atoms with E-state index >= 15 is 0 Å². The van der Waals surface area contributed by atoms with E-state index in [1.54, 1.807) is 6.33 Å². The van der Waals surface area contributed by atoms with Gasteiger partial charge < -0.3 is 10.2 Å². The summed E-state index contributed by atoms with van der Waals surface area (Å²) >= 11 is 3.43. The first-order valence-electron chi connectivity index (χ1n) is 6.86. The second-order valence-electron chi connectivity index (χ2n) is 4.79. The van der Waals surface area contributed by atoms with Crippen LogP contribution in [0.15, 0.2) is 71.5 Å². The van der Waals surface area contributed by atoms with E-state index in [9.17, 15) is 0 Å². The maximum Gasteiger partial charge on any atom is 0.138 e. The van der Waals surface area contributed by atoms with E-state index in [2.05, 4.69) is 31.2 Å². The number of nitrogens with zero attached hydrogens (tertiary/aromatic N) is 3. The van der Waals surface area contributed by atoms with Gasteiger partial charge in [0.2, 0.25) is 0 Å². The van der Waals surface area contributed by atoms with Crippen LogP contribution in [0, 0.1) is 0 Å². The highest BCUT2D eigenvalue weighted by Gasteiger charge is 2.06. The van der Waals surface area contributed by atoms with E-state index in [1.165, 1.54) is 0 Å². The van der Waals surface area contributed by atoms with Crippen molar-refractivity contribution >= 4 is 38.9 Å². The van der Waals surface area contributed by atoms with E-state index in [1.807, 2.05) is 72.6 Å². The summed E-state index contributed by atoms with van der Waals surface area (Å²) in [6.07, 6.45) is 1.57. The predicted molar refractivity (Wildman–Crippen MR) is 94.0 cm³/mol. The van der Waals surface area contributed by atoms with Gasteiger partial charge in [0, 0.05) is 29.0 Å². The molecule has 0 amide bonds. The molecule has 0 unspecified atom stereocenters. The van der Waals surface area contributed by atoms with E-state index < -0.39 is 0 Å². The van der Waals surface area contributed by atoms with Crippen LogP contribution in [0.4, 0.5) is 23.0 Å². The molecule has 1 N–H and O–H groups in total. The molecular weight excluding hydrogens is 340 g/mol. The largest absolute Gasteiger partial charge is 0.340 e. The molecule has 110 valence electrons. The van der Waals surface area contributed by atoms with Crippen molar-refractivity contribution in [3.05, 3.63) is 71.5 Å². The first-order chi connectivity index (χ1) is 10.7. The molecule has 0 saturated heterocycles. The third kappa shape index (κ3) is 3.43. The molecular formula is C17H15BrN4. The van der Waals surface area contributed by atoms with Crippen molar-refractivity contribution in [3.63, 3.8) is 0 Å². The molecule has 5 heteroatoms. The predicted octanol–water partition coefficient (Wildman–Crippen LogP) is 4.75. The molecule has 2 aromatic carbocycles. The summed E-state index contributed by atoms with van der Waals surface area (Å²) in [6.45, 7) is 0. The van der Waals surface area contributed by atoms with Crippen LogP contribution in [0.25, 0.3) is 0 Å². The molecule has 0 aliphatic rings. The van der Waals surface area contributed by atoms with Gasteiger partial charge in [0.1, 0.15) is 18.0 Å². The third-order valence-corrected chi connectivity index (χ3v) is 3.79. The third-order valence-electron chi connectivity index (χ3n) is 3.26. The van der Waals surface area contributed by atoms with Gasteiger partial charge in [-0.2, -0.15) is 0 Å². The lowest BCUT2D eigenvalue weighted by Gasteiger charge is -2.18. The van der Waals surface area contributed by atoms with Gasteiger partial charge in [-0.1, -0.05) is 34.1 Å². The number of hydrogen-bond donors (Lipinski definition) is 1. The highest BCUT2D eigenvalue weighted by molar-refractivity contribution is 9.10. The number of rotatable bonds is 4. The van der Waals surface area contributed by atoms with Crippen LogP contribution in [0.5, 0.6) is 0 Å². The lowest BCUT2D eigenvalue weighted by atomic mass is 10.3. The molecule has 3 aromatic rings. The van der Waals surface area contributed by atoms with Crippen molar-refractivity contribution < 1.29 is 0 Å². The summed E-state index contributed by atoms with van der Waals surface area (Å²) in [5, 5.41) is 3.28. The molecule has 0 radical (unpaired) electrons. The Kier molecular flexibility index (Phi) is 4.34. The van der Waals surface area contributed by atoms with E-state index in [0.717, 1.165) is 27.5 Å².